The third kappa shape index (κ3) is 5.67. The van der Waals surface area contributed by atoms with Gasteiger partial charge in [0, 0.05) is 26.7 Å². The third-order valence-corrected chi connectivity index (χ3v) is 6.14. The summed E-state index contributed by atoms with van der Waals surface area (Å²) in [6.45, 7) is 0. The molecule has 3 aromatic carbocycles. The standard InChI is InChI=1S/C27H15Cl3F2N2O3/c1-36-27(35)25(15-4-9-22(31)23(32)11-15)37-26-16(13-33)10-20(14-2-5-17(28)6-3-14)24(34-26)19-8-7-18(29)12-21(19)30/h2-12,25H,1H3. The van der Waals surface area contributed by atoms with Gasteiger partial charge >= 0.3 is 5.97 Å². The van der Waals surface area contributed by atoms with Crippen LogP contribution in [0.2, 0.25) is 15.1 Å². The van der Waals surface area contributed by atoms with E-state index in [0.29, 0.717) is 32.4 Å². The van der Waals surface area contributed by atoms with Gasteiger partial charge in [0.05, 0.1) is 17.8 Å². The molecule has 1 atom stereocenters. The Morgan fingerprint density at radius 3 is 2.24 bits per heavy atom. The molecule has 0 aliphatic carbocycles. The minimum atomic E-state index is -1.55. The molecule has 0 saturated carbocycles. The van der Waals surface area contributed by atoms with E-state index in [1.54, 1.807) is 36.4 Å². The number of esters is 1. The predicted molar refractivity (Wildman–Crippen MR) is 137 cm³/mol. The first kappa shape index (κ1) is 26.4. The molecular formula is C27H15Cl3F2N2O3. The molecule has 1 aromatic heterocycles. The van der Waals surface area contributed by atoms with Gasteiger partial charge in [-0.05, 0) is 54.1 Å². The van der Waals surface area contributed by atoms with Gasteiger partial charge < -0.3 is 9.47 Å². The number of rotatable bonds is 6. The number of ether oxygens (including phenoxy) is 2. The Bertz CT molecular complexity index is 1540. The molecular weight excluding hydrogens is 545 g/mol. The van der Waals surface area contributed by atoms with E-state index in [0.717, 1.165) is 19.2 Å². The molecule has 0 saturated heterocycles. The molecule has 0 aliphatic rings. The lowest BCUT2D eigenvalue weighted by Gasteiger charge is -2.20. The second-order valence-corrected chi connectivity index (χ2v) is 8.95. The first-order valence-corrected chi connectivity index (χ1v) is 11.7. The van der Waals surface area contributed by atoms with Gasteiger partial charge in [-0.15, -0.1) is 0 Å². The van der Waals surface area contributed by atoms with Gasteiger partial charge in [0.2, 0.25) is 12.0 Å². The molecule has 0 radical (unpaired) electrons. The van der Waals surface area contributed by atoms with Gasteiger partial charge in [-0.1, -0.05) is 53.0 Å². The summed E-state index contributed by atoms with van der Waals surface area (Å²) in [4.78, 5) is 17.1. The van der Waals surface area contributed by atoms with E-state index in [2.05, 4.69) is 4.98 Å². The van der Waals surface area contributed by atoms with Gasteiger partial charge in [0.1, 0.15) is 11.6 Å². The fraction of sp³-hybridized carbons (Fsp3) is 0.0741. The van der Waals surface area contributed by atoms with E-state index in [1.165, 1.54) is 18.2 Å². The van der Waals surface area contributed by atoms with E-state index < -0.39 is 23.7 Å². The maximum atomic E-state index is 13.9. The van der Waals surface area contributed by atoms with Crippen LogP contribution in [0.4, 0.5) is 8.78 Å². The van der Waals surface area contributed by atoms with Crippen LogP contribution < -0.4 is 4.74 Å². The number of pyridine rings is 1. The minimum absolute atomic E-state index is 0.0322. The molecule has 10 heteroatoms. The summed E-state index contributed by atoms with van der Waals surface area (Å²) in [6, 6.07) is 18.0. The molecule has 0 N–H and O–H groups in total. The number of nitriles is 1. The van der Waals surface area contributed by atoms with Crippen LogP contribution in [0.1, 0.15) is 17.2 Å². The van der Waals surface area contributed by atoms with Gasteiger partial charge in [-0.25, -0.2) is 18.6 Å². The molecule has 5 nitrogen and oxygen atoms in total. The molecule has 0 spiro atoms. The first-order valence-electron chi connectivity index (χ1n) is 10.6. The van der Waals surface area contributed by atoms with Crippen molar-refractivity contribution in [2.24, 2.45) is 0 Å². The van der Waals surface area contributed by atoms with E-state index in [-0.39, 0.29) is 22.0 Å². The first-order chi connectivity index (χ1) is 17.7. The summed E-state index contributed by atoms with van der Waals surface area (Å²) < 4.78 is 38.1. The maximum Gasteiger partial charge on any atom is 0.351 e. The lowest BCUT2D eigenvalue weighted by atomic mass is 9.97. The summed E-state index contributed by atoms with van der Waals surface area (Å²) in [7, 11) is 1.11. The quantitative estimate of drug-likeness (QED) is 0.225. The fourth-order valence-corrected chi connectivity index (χ4v) is 4.17. The van der Waals surface area contributed by atoms with Crippen LogP contribution in [-0.2, 0) is 9.53 Å². The van der Waals surface area contributed by atoms with Gasteiger partial charge in [-0.2, -0.15) is 5.26 Å². The summed E-state index contributed by atoms with van der Waals surface area (Å²) in [6.07, 6.45) is -1.55. The van der Waals surface area contributed by atoms with Gasteiger partial charge in [0.15, 0.2) is 11.6 Å². The van der Waals surface area contributed by atoms with Crippen molar-refractivity contribution in [3.05, 3.63) is 105 Å². The Balaban J connectivity index is 1.92. The number of methoxy groups -OCH3 is 1. The summed E-state index contributed by atoms with van der Waals surface area (Å²) >= 11 is 18.6. The largest absolute Gasteiger partial charge is 0.466 e. The Kier molecular flexibility index (Phi) is 7.94. The van der Waals surface area contributed by atoms with Crippen LogP contribution in [0.5, 0.6) is 5.88 Å². The Morgan fingerprint density at radius 2 is 1.62 bits per heavy atom. The number of halogens is 5. The van der Waals surface area contributed by atoms with E-state index in [1.807, 2.05) is 6.07 Å². The molecule has 0 fully saturated rings. The fourth-order valence-electron chi connectivity index (χ4n) is 3.55. The van der Waals surface area contributed by atoms with E-state index in [9.17, 15) is 18.8 Å². The zero-order valence-electron chi connectivity index (χ0n) is 18.9. The topological polar surface area (TPSA) is 72.2 Å². The molecule has 1 unspecified atom stereocenters. The van der Waals surface area contributed by atoms with Crippen LogP contribution >= 0.6 is 34.8 Å². The van der Waals surface area contributed by atoms with Crippen LogP contribution in [0.25, 0.3) is 22.4 Å². The average Bonchev–Trinajstić information content (AvgIpc) is 2.89. The van der Waals surface area contributed by atoms with Crippen LogP contribution in [0.15, 0.2) is 66.7 Å². The smallest absolute Gasteiger partial charge is 0.351 e. The van der Waals surface area contributed by atoms with Crippen molar-refractivity contribution in [1.29, 1.82) is 5.26 Å². The number of carbonyl (C=O) groups is 1. The van der Waals surface area contributed by atoms with Crippen LogP contribution in [0, 0.1) is 23.0 Å². The van der Waals surface area contributed by atoms with Crippen molar-refractivity contribution in [3.63, 3.8) is 0 Å². The van der Waals surface area contributed by atoms with Crippen molar-refractivity contribution in [2.75, 3.05) is 7.11 Å². The summed E-state index contributed by atoms with van der Waals surface area (Å²) in [5.41, 5.74) is 1.90. The highest BCUT2D eigenvalue weighted by Gasteiger charge is 2.28. The molecule has 1 heterocycles. The normalized spacial score (nSPS) is 11.5. The average molecular weight is 560 g/mol. The molecule has 4 aromatic rings. The molecule has 0 amide bonds. The molecule has 0 aliphatic heterocycles. The van der Waals surface area contributed by atoms with Crippen molar-refractivity contribution < 1.29 is 23.0 Å². The third-order valence-electron chi connectivity index (χ3n) is 5.34. The highest BCUT2D eigenvalue weighted by Crippen LogP contribution is 2.39. The lowest BCUT2D eigenvalue weighted by Crippen LogP contribution is -2.21. The zero-order chi connectivity index (χ0) is 26.7. The molecule has 0 bridgehead atoms. The highest BCUT2D eigenvalue weighted by molar-refractivity contribution is 6.36. The van der Waals surface area contributed by atoms with Crippen molar-refractivity contribution in [2.45, 2.75) is 6.10 Å². The number of hydrogen-bond acceptors (Lipinski definition) is 5. The Hall–Kier alpha value is -3.70. The zero-order valence-corrected chi connectivity index (χ0v) is 21.2. The second kappa shape index (κ2) is 11.1. The molecule has 4 rings (SSSR count). The second-order valence-electron chi connectivity index (χ2n) is 7.67. The van der Waals surface area contributed by atoms with Crippen LogP contribution in [0.3, 0.4) is 0 Å². The summed E-state index contributed by atoms with van der Waals surface area (Å²) in [5.74, 6) is -3.45. The number of carbonyl (C=O) groups excluding carboxylic acids is 1. The van der Waals surface area contributed by atoms with Gasteiger partial charge in [0.25, 0.3) is 0 Å². The number of benzene rings is 3. The van der Waals surface area contributed by atoms with Gasteiger partial charge in [-0.3, -0.25) is 0 Å². The monoisotopic (exact) mass is 558 g/mol. The Morgan fingerprint density at radius 1 is 0.919 bits per heavy atom. The predicted octanol–water partition coefficient (Wildman–Crippen LogP) is 7.82. The summed E-state index contributed by atoms with van der Waals surface area (Å²) in [5, 5.41) is 11.1. The van der Waals surface area contributed by atoms with Crippen molar-refractivity contribution in [1.82, 2.24) is 4.98 Å². The minimum Gasteiger partial charge on any atom is -0.466 e. The number of aromatic nitrogens is 1. The van der Waals surface area contributed by atoms with Crippen molar-refractivity contribution in [3.8, 4) is 34.3 Å². The van der Waals surface area contributed by atoms with Crippen LogP contribution in [-0.4, -0.2) is 18.1 Å². The van der Waals surface area contributed by atoms with Crippen molar-refractivity contribution >= 4 is 40.8 Å². The number of hydrogen-bond donors (Lipinski definition) is 0. The Labute approximate surface area is 225 Å². The maximum absolute atomic E-state index is 13.9. The SMILES string of the molecule is COC(=O)C(Oc1nc(-c2ccc(Cl)cc2Cl)c(-c2ccc(Cl)cc2)cc1C#N)c1ccc(F)c(F)c1. The van der Waals surface area contributed by atoms with E-state index in [4.69, 9.17) is 44.3 Å². The molecule has 37 heavy (non-hydrogen) atoms. The lowest BCUT2D eigenvalue weighted by molar-refractivity contribution is -0.149. The molecule has 186 valence electrons. The van der Waals surface area contributed by atoms with E-state index >= 15 is 0 Å². The number of nitrogens with zero attached hydrogens (tertiary/aromatic N) is 2. The highest BCUT2D eigenvalue weighted by atomic mass is 35.5.